The highest BCUT2D eigenvalue weighted by molar-refractivity contribution is 5.94. The summed E-state index contributed by atoms with van der Waals surface area (Å²) in [5, 5.41) is 2.66. The number of halogens is 1. The Hall–Kier alpha value is -2.95. The van der Waals surface area contributed by atoms with Crippen LogP contribution in [0.1, 0.15) is 18.1 Å². The van der Waals surface area contributed by atoms with E-state index in [1.807, 2.05) is 30.3 Å². The highest BCUT2D eigenvalue weighted by Crippen LogP contribution is 2.07. The second-order valence-corrected chi connectivity index (χ2v) is 5.39. The second kappa shape index (κ2) is 9.37. The molecule has 0 aromatic heterocycles. The van der Waals surface area contributed by atoms with Crippen LogP contribution in [0.15, 0.2) is 60.7 Å². The van der Waals surface area contributed by atoms with Gasteiger partial charge in [-0.1, -0.05) is 42.5 Å². The highest BCUT2D eigenvalue weighted by Gasteiger charge is 2.21. The zero-order chi connectivity index (χ0) is 18.1. The number of carbonyl (C=O) groups is 2. The van der Waals surface area contributed by atoms with Crippen LogP contribution >= 0.6 is 0 Å². The SMILES string of the molecule is CCOC(=O)C(Cc1ccccc1)NC(=O)C=Cc1ccc(F)cc1. The minimum Gasteiger partial charge on any atom is -0.464 e. The summed E-state index contributed by atoms with van der Waals surface area (Å²) in [6.45, 7) is 1.96. The normalized spacial score (nSPS) is 11.9. The average Bonchev–Trinajstić information content (AvgIpc) is 2.62. The Labute approximate surface area is 146 Å². The van der Waals surface area contributed by atoms with Crippen molar-refractivity contribution >= 4 is 18.0 Å². The molecule has 2 rings (SSSR count). The van der Waals surface area contributed by atoms with Crippen LogP contribution in [-0.4, -0.2) is 24.5 Å². The number of benzene rings is 2. The predicted molar refractivity (Wildman–Crippen MR) is 94.1 cm³/mol. The van der Waals surface area contributed by atoms with E-state index in [0.717, 1.165) is 5.56 Å². The molecule has 0 saturated heterocycles. The van der Waals surface area contributed by atoms with Gasteiger partial charge in [-0.15, -0.1) is 0 Å². The van der Waals surface area contributed by atoms with Crippen molar-refractivity contribution in [1.82, 2.24) is 5.32 Å². The Kier molecular flexibility index (Phi) is 6.89. The zero-order valence-corrected chi connectivity index (χ0v) is 13.9. The summed E-state index contributed by atoms with van der Waals surface area (Å²) in [4.78, 5) is 24.2. The molecule has 0 heterocycles. The molecule has 0 saturated carbocycles. The fourth-order valence-electron chi connectivity index (χ4n) is 2.25. The van der Waals surface area contributed by atoms with Crippen LogP contribution in [0.4, 0.5) is 4.39 Å². The monoisotopic (exact) mass is 341 g/mol. The van der Waals surface area contributed by atoms with Gasteiger partial charge in [0.25, 0.3) is 0 Å². The van der Waals surface area contributed by atoms with E-state index in [-0.39, 0.29) is 12.4 Å². The van der Waals surface area contributed by atoms with Crippen molar-refractivity contribution in [3.63, 3.8) is 0 Å². The lowest BCUT2D eigenvalue weighted by Gasteiger charge is -2.16. The van der Waals surface area contributed by atoms with Crippen LogP contribution in [0.2, 0.25) is 0 Å². The van der Waals surface area contributed by atoms with Crippen LogP contribution in [0.25, 0.3) is 6.08 Å². The van der Waals surface area contributed by atoms with E-state index >= 15 is 0 Å². The van der Waals surface area contributed by atoms with E-state index in [9.17, 15) is 14.0 Å². The molecular formula is C20H20FNO3. The van der Waals surface area contributed by atoms with Gasteiger partial charge in [0.15, 0.2) is 0 Å². The van der Waals surface area contributed by atoms with Crippen molar-refractivity contribution in [1.29, 1.82) is 0 Å². The van der Waals surface area contributed by atoms with Crippen LogP contribution in [-0.2, 0) is 20.7 Å². The Morgan fingerprint density at radius 2 is 1.80 bits per heavy atom. The van der Waals surface area contributed by atoms with Gasteiger partial charge in [0.2, 0.25) is 5.91 Å². The molecule has 0 bridgehead atoms. The first-order valence-electron chi connectivity index (χ1n) is 8.03. The van der Waals surface area contributed by atoms with Gasteiger partial charge in [-0.2, -0.15) is 0 Å². The molecule has 0 radical (unpaired) electrons. The lowest BCUT2D eigenvalue weighted by atomic mass is 10.1. The van der Waals surface area contributed by atoms with Gasteiger partial charge in [-0.05, 0) is 36.3 Å². The maximum Gasteiger partial charge on any atom is 0.328 e. The molecule has 0 fully saturated rings. The molecule has 0 aliphatic carbocycles. The van der Waals surface area contributed by atoms with E-state index in [1.165, 1.54) is 18.2 Å². The number of rotatable bonds is 7. The molecule has 0 spiro atoms. The maximum absolute atomic E-state index is 12.9. The number of amides is 1. The lowest BCUT2D eigenvalue weighted by Crippen LogP contribution is -2.42. The zero-order valence-electron chi connectivity index (χ0n) is 13.9. The van der Waals surface area contributed by atoms with Crippen molar-refractivity contribution < 1.29 is 18.7 Å². The Bertz CT molecular complexity index is 726. The van der Waals surface area contributed by atoms with Crippen LogP contribution in [0, 0.1) is 5.82 Å². The van der Waals surface area contributed by atoms with Crippen molar-refractivity contribution in [2.24, 2.45) is 0 Å². The summed E-state index contributed by atoms with van der Waals surface area (Å²) in [5.74, 6) is -1.24. The van der Waals surface area contributed by atoms with Gasteiger partial charge in [-0.25, -0.2) is 9.18 Å². The quantitative estimate of drug-likeness (QED) is 0.622. The number of nitrogens with one attached hydrogen (secondary N) is 1. The molecule has 1 unspecified atom stereocenters. The topological polar surface area (TPSA) is 55.4 Å². The third kappa shape index (κ3) is 6.22. The van der Waals surface area contributed by atoms with Gasteiger partial charge in [0, 0.05) is 12.5 Å². The lowest BCUT2D eigenvalue weighted by molar-refractivity contribution is -0.146. The molecular weight excluding hydrogens is 321 g/mol. The summed E-state index contributed by atoms with van der Waals surface area (Å²) in [7, 11) is 0. The Morgan fingerprint density at radius 1 is 1.12 bits per heavy atom. The molecule has 25 heavy (non-hydrogen) atoms. The summed E-state index contributed by atoms with van der Waals surface area (Å²) in [5.41, 5.74) is 1.61. The fraction of sp³-hybridized carbons (Fsp3) is 0.200. The standard InChI is InChI=1S/C20H20FNO3/c1-2-25-20(24)18(14-16-6-4-3-5-7-16)22-19(23)13-10-15-8-11-17(21)12-9-15/h3-13,18H,2,14H2,1H3,(H,22,23). The molecule has 1 amide bonds. The smallest absolute Gasteiger partial charge is 0.328 e. The molecule has 0 aliphatic heterocycles. The number of hydrogen-bond donors (Lipinski definition) is 1. The molecule has 0 aliphatic rings. The van der Waals surface area contributed by atoms with E-state index in [1.54, 1.807) is 25.1 Å². The first kappa shape index (κ1) is 18.4. The van der Waals surface area contributed by atoms with Crippen molar-refractivity contribution in [2.45, 2.75) is 19.4 Å². The minimum absolute atomic E-state index is 0.241. The molecule has 5 heteroatoms. The van der Waals surface area contributed by atoms with Crippen LogP contribution < -0.4 is 5.32 Å². The second-order valence-electron chi connectivity index (χ2n) is 5.39. The third-order valence-corrected chi connectivity index (χ3v) is 3.47. The largest absolute Gasteiger partial charge is 0.464 e. The van der Waals surface area contributed by atoms with E-state index in [4.69, 9.17) is 4.74 Å². The van der Waals surface area contributed by atoms with Gasteiger partial charge < -0.3 is 10.1 Å². The number of hydrogen-bond acceptors (Lipinski definition) is 3. The summed E-state index contributed by atoms with van der Waals surface area (Å²) < 4.78 is 17.9. The van der Waals surface area contributed by atoms with E-state index in [0.29, 0.717) is 12.0 Å². The van der Waals surface area contributed by atoms with E-state index < -0.39 is 17.9 Å². The first-order chi connectivity index (χ1) is 12.1. The fourth-order valence-corrected chi connectivity index (χ4v) is 2.25. The van der Waals surface area contributed by atoms with Crippen LogP contribution in [0.3, 0.4) is 0 Å². The third-order valence-electron chi connectivity index (χ3n) is 3.47. The van der Waals surface area contributed by atoms with Gasteiger partial charge >= 0.3 is 5.97 Å². The molecule has 4 nitrogen and oxygen atoms in total. The molecule has 130 valence electrons. The number of carbonyl (C=O) groups excluding carboxylic acids is 2. The summed E-state index contributed by atoms with van der Waals surface area (Å²) in [6.07, 6.45) is 3.21. The Balaban J connectivity index is 2.03. The number of ether oxygens (including phenoxy) is 1. The van der Waals surface area contributed by atoms with Gasteiger partial charge in [0.1, 0.15) is 11.9 Å². The number of esters is 1. The summed E-state index contributed by atoms with van der Waals surface area (Å²) in [6, 6.07) is 14.4. The molecule has 1 N–H and O–H groups in total. The minimum atomic E-state index is -0.771. The van der Waals surface area contributed by atoms with Crippen molar-refractivity contribution in [3.8, 4) is 0 Å². The maximum atomic E-state index is 12.9. The first-order valence-corrected chi connectivity index (χ1v) is 8.03. The van der Waals surface area contributed by atoms with Gasteiger partial charge in [0.05, 0.1) is 6.61 Å². The Morgan fingerprint density at radius 3 is 2.44 bits per heavy atom. The predicted octanol–water partition coefficient (Wildman–Crippen LogP) is 3.13. The van der Waals surface area contributed by atoms with E-state index in [2.05, 4.69) is 5.32 Å². The highest BCUT2D eigenvalue weighted by atomic mass is 19.1. The molecule has 2 aromatic carbocycles. The van der Waals surface area contributed by atoms with Crippen molar-refractivity contribution in [3.05, 3.63) is 77.6 Å². The van der Waals surface area contributed by atoms with Crippen molar-refractivity contribution in [2.75, 3.05) is 6.61 Å². The molecule has 1 atom stereocenters. The summed E-state index contributed by atoms with van der Waals surface area (Å²) >= 11 is 0. The van der Waals surface area contributed by atoms with Crippen LogP contribution in [0.5, 0.6) is 0 Å². The average molecular weight is 341 g/mol. The molecule has 2 aromatic rings. The van der Waals surface area contributed by atoms with Gasteiger partial charge in [-0.3, -0.25) is 4.79 Å².